The van der Waals surface area contributed by atoms with E-state index in [2.05, 4.69) is 0 Å². The van der Waals surface area contributed by atoms with Gasteiger partial charge in [0, 0.05) is 0 Å². The summed E-state index contributed by atoms with van der Waals surface area (Å²) in [6.45, 7) is 2.49. The number of hydrogen-bond donors (Lipinski definition) is 1. The molecule has 1 amide bonds. The lowest BCUT2D eigenvalue weighted by Gasteiger charge is -2.43. The molecule has 1 N–H and O–H groups in total. The van der Waals surface area contributed by atoms with Gasteiger partial charge in [-0.3, -0.25) is 4.79 Å². The van der Waals surface area contributed by atoms with Crippen LogP contribution in [0.1, 0.15) is 16.6 Å². The zero-order valence-electron chi connectivity index (χ0n) is 7.66. The molecule has 0 aliphatic carbocycles. The van der Waals surface area contributed by atoms with Gasteiger partial charge < -0.3 is 10.0 Å². The third-order valence-corrected chi connectivity index (χ3v) is 3.49. The molecule has 0 unspecified atom stereocenters. The van der Waals surface area contributed by atoms with Gasteiger partial charge in [-0.05, 0) is 18.4 Å². The zero-order valence-corrected chi connectivity index (χ0v) is 9.23. The zero-order chi connectivity index (χ0) is 10.3. The van der Waals surface area contributed by atoms with Crippen LogP contribution >= 0.6 is 22.9 Å². The van der Waals surface area contributed by atoms with Gasteiger partial charge in [-0.1, -0.05) is 11.6 Å². The molecule has 1 aromatic heterocycles. The maximum Gasteiger partial charge on any atom is 0.265 e. The molecule has 2 heterocycles. The van der Waals surface area contributed by atoms with Crippen molar-refractivity contribution < 1.29 is 9.90 Å². The number of thiophene rings is 1. The first-order valence-electron chi connectivity index (χ1n) is 4.24. The van der Waals surface area contributed by atoms with Crippen molar-refractivity contribution in [3.8, 4) is 0 Å². The number of nitrogens with zero attached hydrogens (tertiary/aromatic N) is 1. The van der Waals surface area contributed by atoms with Crippen molar-refractivity contribution in [2.24, 2.45) is 0 Å². The van der Waals surface area contributed by atoms with Crippen molar-refractivity contribution in [3.05, 3.63) is 21.3 Å². The van der Waals surface area contributed by atoms with Gasteiger partial charge in [0.2, 0.25) is 0 Å². The number of hydrogen-bond acceptors (Lipinski definition) is 3. The molecule has 0 aromatic carbocycles. The lowest BCUT2D eigenvalue weighted by Crippen LogP contribution is -2.61. The topological polar surface area (TPSA) is 40.5 Å². The minimum absolute atomic E-state index is 0.0866. The highest BCUT2D eigenvalue weighted by atomic mass is 35.5. The maximum absolute atomic E-state index is 11.7. The monoisotopic (exact) mass is 231 g/mol. The van der Waals surface area contributed by atoms with Crippen LogP contribution < -0.4 is 0 Å². The fraction of sp³-hybridized carbons (Fsp3) is 0.444. The van der Waals surface area contributed by atoms with Gasteiger partial charge >= 0.3 is 0 Å². The van der Waals surface area contributed by atoms with E-state index in [0.717, 1.165) is 0 Å². The molecular formula is C9H10ClNO2S. The molecule has 1 fully saturated rings. The summed E-state index contributed by atoms with van der Waals surface area (Å²) in [6.07, 6.45) is 0. The van der Waals surface area contributed by atoms with Gasteiger partial charge in [0.05, 0.1) is 23.7 Å². The van der Waals surface area contributed by atoms with E-state index in [4.69, 9.17) is 11.6 Å². The molecule has 76 valence electrons. The summed E-state index contributed by atoms with van der Waals surface area (Å²) in [4.78, 5) is 13.9. The molecule has 2 rings (SSSR count). The van der Waals surface area contributed by atoms with Crippen molar-refractivity contribution in [1.82, 2.24) is 4.90 Å². The number of likely N-dealkylation sites (tertiary alicyclic amines) is 1. The van der Waals surface area contributed by atoms with E-state index in [1.807, 2.05) is 0 Å². The highest BCUT2D eigenvalue weighted by Crippen LogP contribution is 2.28. The van der Waals surface area contributed by atoms with E-state index in [1.165, 1.54) is 11.3 Å². The molecule has 0 atom stereocenters. The number of amides is 1. The summed E-state index contributed by atoms with van der Waals surface area (Å²) in [5.74, 6) is -0.0866. The standard InChI is InChI=1S/C9H10ClNO2S/c1-9(13)4-11(5-9)8(12)7-6(10)2-3-14-7/h2-3,13H,4-5H2,1H3. The summed E-state index contributed by atoms with van der Waals surface area (Å²) in [5, 5.41) is 11.8. The van der Waals surface area contributed by atoms with Gasteiger partial charge in [-0.2, -0.15) is 0 Å². The van der Waals surface area contributed by atoms with Crippen LogP contribution in [0, 0.1) is 0 Å². The van der Waals surface area contributed by atoms with E-state index < -0.39 is 5.60 Å². The molecule has 0 bridgehead atoms. The minimum atomic E-state index is -0.723. The van der Waals surface area contributed by atoms with Gasteiger partial charge in [-0.25, -0.2) is 0 Å². The maximum atomic E-state index is 11.7. The molecule has 5 heteroatoms. The van der Waals surface area contributed by atoms with E-state index in [9.17, 15) is 9.90 Å². The van der Waals surface area contributed by atoms with Crippen molar-refractivity contribution >= 4 is 28.8 Å². The van der Waals surface area contributed by atoms with Gasteiger partial charge in [0.15, 0.2) is 0 Å². The second kappa shape index (κ2) is 3.22. The van der Waals surface area contributed by atoms with Crippen LogP contribution in [0.25, 0.3) is 0 Å². The Morgan fingerprint density at radius 1 is 1.71 bits per heavy atom. The first-order valence-corrected chi connectivity index (χ1v) is 5.50. The molecule has 1 aliphatic rings. The van der Waals surface area contributed by atoms with Gasteiger partial charge in [0.25, 0.3) is 5.91 Å². The Labute approximate surface area is 90.9 Å². The molecule has 0 radical (unpaired) electrons. The average Bonchev–Trinajstić information content (AvgIpc) is 2.45. The summed E-state index contributed by atoms with van der Waals surface area (Å²) in [6, 6.07) is 1.71. The molecule has 14 heavy (non-hydrogen) atoms. The fourth-order valence-electron chi connectivity index (χ4n) is 1.51. The van der Waals surface area contributed by atoms with Crippen molar-refractivity contribution in [1.29, 1.82) is 0 Å². The molecular weight excluding hydrogens is 222 g/mol. The molecule has 1 saturated heterocycles. The van der Waals surface area contributed by atoms with Gasteiger partial charge in [0.1, 0.15) is 4.88 Å². The minimum Gasteiger partial charge on any atom is -0.386 e. The van der Waals surface area contributed by atoms with E-state index in [1.54, 1.807) is 23.3 Å². The van der Waals surface area contributed by atoms with Crippen molar-refractivity contribution in [2.45, 2.75) is 12.5 Å². The van der Waals surface area contributed by atoms with Crippen LogP contribution in [0.15, 0.2) is 11.4 Å². The predicted octanol–water partition coefficient (Wildman–Crippen LogP) is 1.61. The van der Waals surface area contributed by atoms with Crippen LogP contribution in [0.3, 0.4) is 0 Å². The Hall–Kier alpha value is -0.580. The normalized spacial score (nSPS) is 19.2. The molecule has 1 aromatic rings. The molecule has 0 saturated carbocycles. The Balaban J connectivity index is 2.08. The SMILES string of the molecule is CC1(O)CN(C(=O)c2sccc2Cl)C1. The van der Waals surface area contributed by atoms with Crippen LogP contribution in [0.4, 0.5) is 0 Å². The predicted molar refractivity (Wildman–Crippen MR) is 55.9 cm³/mol. The average molecular weight is 232 g/mol. The Morgan fingerprint density at radius 2 is 2.36 bits per heavy atom. The second-order valence-electron chi connectivity index (χ2n) is 3.76. The highest BCUT2D eigenvalue weighted by Gasteiger charge is 2.40. The molecule has 1 aliphatic heterocycles. The number of carbonyl (C=O) groups excluding carboxylic acids is 1. The molecule has 3 nitrogen and oxygen atoms in total. The summed E-state index contributed by atoms with van der Waals surface area (Å²) in [5.41, 5.74) is -0.723. The lowest BCUT2D eigenvalue weighted by molar-refractivity contribution is -0.0666. The number of aliphatic hydroxyl groups is 1. The second-order valence-corrected chi connectivity index (χ2v) is 5.08. The van der Waals surface area contributed by atoms with E-state index in [-0.39, 0.29) is 5.91 Å². The van der Waals surface area contributed by atoms with Crippen molar-refractivity contribution in [2.75, 3.05) is 13.1 Å². The quantitative estimate of drug-likeness (QED) is 0.798. The van der Waals surface area contributed by atoms with Crippen LogP contribution in [-0.2, 0) is 0 Å². The Morgan fingerprint density at radius 3 is 2.79 bits per heavy atom. The first-order chi connectivity index (χ1) is 6.49. The number of carbonyl (C=O) groups is 1. The summed E-state index contributed by atoms with van der Waals surface area (Å²) < 4.78 is 0. The fourth-order valence-corrected chi connectivity index (χ4v) is 2.61. The Kier molecular flexibility index (Phi) is 2.29. The van der Waals surface area contributed by atoms with E-state index in [0.29, 0.717) is 23.0 Å². The molecule has 0 spiro atoms. The highest BCUT2D eigenvalue weighted by molar-refractivity contribution is 7.12. The van der Waals surface area contributed by atoms with Crippen molar-refractivity contribution in [3.63, 3.8) is 0 Å². The largest absolute Gasteiger partial charge is 0.386 e. The number of β-amino-alcohol motifs (C(OH)–C–C–N with tert-alkyl or cyclic N) is 1. The third kappa shape index (κ3) is 1.65. The number of halogens is 1. The first kappa shape index (κ1) is 9.96. The number of rotatable bonds is 1. The Bertz CT molecular complexity index is 367. The van der Waals surface area contributed by atoms with Crippen LogP contribution in [-0.4, -0.2) is 34.6 Å². The van der Waals surface area contributed by atoms with Gasteiger partial charge in [-0.15, -0.1) is 11.3 Å². The smallest absolute Gasteiger partial charge is 0.265 e. The third-order valence-electron chi connectivity index (χ3n) is 2.16. The van der Waals surface area contributed by atoms with Crippen LogP contribution in [0.2, 0.25) is 5.02 Å². The summed E-state index contributed by atoms with van der Waals surface area (Å²) in [7, 11) is 0. The summed E-state index contributed by atoms with van der Waals surface area (Å²) >= 11 is 7.16. The van der Waals surface area contributed by atoms with E-state index >= 15 is 0 Å². The lowest BCUT2D eigenvalue weighted by atomic mass is 9.97. The van der Waals surface area contributed by atoms with Crippen LogP contribution in [0.5, 0.6) is 0 Å².